The molecular weight excluding hydrogens is 231 g/mol. The average Bonchev–Trinajstić information content (AvgIpc) is 2.30. The zero-order valence-electron chi connectivity index (χ0n) is 9.65. The molecule has 0 radical (unpaired) electrons. The van der Waals surface area contributed by atoms with E-state index in [1.807, 2.05) is 12.1 Å². The van der Waals surface area contributed by atoms with Crippen molar-refractivity contribution in [2.45, 2.75) is 42.9 Å². The molecule has 16 heavy (non-hydrogen) atoms. The largest absolute Gasteiger partial charge is 1.00 e. The molecule has 82 valence electrons. The van der Waals surface area contributed by atoms with Crippen molar-refractivity contribution in [1.82, 2.24) is 0 Å². The van der Waals surface area contributed by atoms with Crippen LogP contribution in [0.2, 0.25) is 0 Å². The Morgan fingerprint density at radius 2 is 1.62 bits per heavy atom. The smallest absolute Gasteiger partial charge is 0.768 e. The number of hydrogen-bond donors (Lipinski definition) is 0. The van der Waals surface area contributed by atoms with Gasteiger partial charge in [-0.3, -0.25) is 4.21 Å². The minimum atomic E-state index is -2.09. The van der Waals surface area contributed by atoms with Gasteiger partial charge < -0.3 is 4.55 Å². The molecule has 1 atom stereocenters. The van der Waals surface area contributed by atoms with E-state index in [2.05, 4.69) is 0 Å². The van der Waals surface area contributed by atoms with Crippen molar-refractivity contribution >= 4 is 11.1 Å². The van der Waals surface area contributed by atoms with Crippen LogP contribution >= 0.6 is 0 Å². The average molecular weight is 246 g/mol. The molecule has 1 aromatic rings. The summed E-state index contributed by atoms with van der Waals surface area (Å²) < 4.78 is 21.4. The number of benzene rings is 1. The summed E-state index contributed by atoms with van der Waals surface area (Å²) in [5.41, 5.74) is 1.30. The van der Waals surface area contributed by atoms with Gasteiger partial charge in [-0.15, -0.1) is 0 Å². The first-order valence-corrected chi connectivity index (χ1v) is 6.54. The molecule has 1 aromatic carbocycles. The molecule has 1 saturated carbocycles. The second-order valence-corrected chi connectivity index (χ2v) is 5.08. The van der Waals surface area contributed by atoms with Crippen LogP contribution in [0.1, 0.15) is 43.6 Å². The minimum Gasteiger partial charge on any atom is -0.768 e. The Labute approximate surface area is 121 Å². The summed E-state index contributed by atoms with van der Waals surface area (Å²) in [5.74, 6) is 0.646. The van der Waals surface area contributed by atoms with Gasteiger partial charge in [0.05, 0.1) is 0 Å². The third-order valence-corrected chi connectivity index (χ3v) is 3.81. The van der Waals surface area contributed by atoms with Gasteiger partial charge in [-0.2, -0.15) is 0 Å². The molecule has 0 amide bonds. The van der Waals surface area contributed by atoms with Crippen molar-refractivity contribution in [1.29, 1.82) is 0 Å². The zero-order chi connectivity index (χ0) is 10.7. The molecule has 0 N–H and O–H groups in total. The number of rotatable bonds is 2. The molecule has 1 unspecified atom stereocenters. The molecule has 0 spiro atoms. The van der Waals surface area contributed by atoms with Gasteiger partial charge in [0.25, 0.3) is 0 Å². The van der Waals surface area contributed by atoms with Gasteiger partial charge in [0.2, 0.25) is 0 Å². The Morgan fingerprint density at radius 3 is 2.12 bits per heavy atom. The van der Waals surface area contributed by atoms with Crippen LogP contribution in [0.3, 0.4) is 0 Å². The summed E-state index contributed by atoms with van der Waals surface area (Å²) in [6.45, 7) is 0. The Balaban J connectivity index is 0.00000128. The summed E-state index contributed by atoms with van der Waals surface area (Å²) >= 11 is -2.09. The first-order valence-electron chi connectivity index (χ1n) is 5.46. The molecule has 4 heteroatoms. The molecule has 0 aromatic heterocycles. The van der Waals surface area contributed by atoms with Gasteiger partial charge in [0, 0.05) is 4.90 Å². The predicted molar refractivity (Wildman–Crippen MR) is 59.5 cm³/mol. The van der Waals surface area contributed by atoms with E-state index in [9.17, 15) is 8.76 Å². The van der Waals surface area contributed by atoms with Gasteiger partial charge >= 0.3 is 29.6 Å². The van der Waals surface area contributed by atoms with Crippen LogP contribution in [0.5, 0.6) is 0 Å². The first-order chi connectivity index (χ1) is 7.27. The van der Waals surface area contributed by atoms with E-state index in [0.29, 0.717) is 10.8 Å². The fourth-order valence-electron chi connectivity index (χ4n) is 2.29. The molecule has 0 aliphatic heterocycles. The van der Waals surface area contributed by atoms with Gasteiger partial charge in [-0.05, 0) is 47.5 Å². The van der Waals surface area contributed by atoms with Crippen molar-refractivity contribution < 1.29 is 38.3 Å². The maximum absolute atomic E-state index is 10.7. The second-order valence-electron chi connectivity index (χ2n) is 4.14. The topological polar surface area (TPSA) is 40.1 Å². The van der Waals surface area contributed by atoms with Crippen LogP contribution in [0.15, 0.2) is 29.2 Å². The Morgan fingerprint density at radius 1 is 1.06 bits per heavy atom. The first kappa shape index (κ1) is 14.4. The summed E-state index contributed by atoms with van der Waals surface area (Å²) in [4.78, 5) is 0.384. The Kier molecular flexibility index (Phi) is 6.22. The maximum atomic E-state index is 10.7. The molecule has 1 fully saturated rings. The van der Waals surface area contributed by atoms with Crippen molar-refractivity contribution in [3.05, 3.63) is 29.8 Å². The van der Waals surface area contributed by atoms with Gasteiger partial charge in [-0.25, -0.2) is 0 Å². The maximum Gasteiger partial charge on any atom is 1.00 e. The van der Waals surface area contributed by atoms with Crippen LogP contribution < -0.4 is 29.6 Å². The van der Waals surface area contributed by atoms with Gasteiger partial charge in [0.15, 0.2) is 0 Å². The normalized spacial score (nSPS) is 18.8. The van der Waals surface area contributed by atoms with Crippen molar-refractivity contribution in [3.8, 4) is 0 Å². The second kappa shape index (κ2) is 6.92. The van der Waals surface area contributed by atoms with Crippen molar-refractivity contribution in [3.63, 3.8) is 0 Å². The fourth-order valence-corrected chi connectivity index (χ4v) is 2.65. The number of hydrogen-bond acceptors (Lipinski definition) is 2. The molecule has 1 aliphatic rings. The summed E-state index contributed by atoms with van der Waals surface area (Å²) in [7, 11) is 0. The SMILES string of the molecule is O=S([O-])c1ccc(C2CCCCC2)cc1.[Na+]. The third-order valence-electron chi connectivity index (χ3n) is 3.15. The van der Waals surface area contributed by atoms with E-state index in [4.69, 9.17) is 0 Å². The van der Waals surface area contributed by atoms with Crippen LogP contribution in [-0.4, -0.2) is 8.76 Å². The van der Waals surface area contributed by atoms with Crippen LogP contribution in [0.25, 0.3) is 0 Å². The monoisotopic (exact) mass is 246 g/mol. The van der Waals surface area contributed by atoms with Crippen molar-refractivity contribution in [2.24, 2.45) is 0 Å². The fraction of sp³-hybridized carbons (Fsp3) is 0.500. The Hall–Kier alpha value is 0.330. The molecule has 2 rings (SSSR count). The van der Waals surface area contributed by atoms with Crippen LogP contribution in [-0.2, 0) is 11.1 Å². The van der Waals surface area contributed by atoms with E-state index in [-0.39, 0.29) is 29.6 Å². The van der Waals surface area contributed by atoms with Crippen molar-refractivity contribution in [2.75, 3.05) is 0 Å². The minimum absolute atomic E-state index is 0. The summed E-state index contributed by atoms with van der Waals surface area (Å²) in [6.07, 6.45) is 6.46. The molecule has 2 nitrogen and oxygen atoms in total. The van der Waals surface area contributed by atoms with E-state index in [0.717, 1.165) is 0 Å². The van der Waals surface area contributed by atoms with E-state index < -0.39 is 11.1 Å². The zero-order valence-corrected chi connectivity index (χ0v) is 12.5. The van der Waals surface area contributed by atoms with Gasteiger partial charge in [0.1, 0.15) is 0 Å². The third kappa shape index (κ3) is 3.67. The Bertz CT molecular complexity index is 345. The predicted octanol–water partition coefficient (Wildman–Crippen LogP) is -0.0237. The standard InChI is InChI=1S/C12H16O2S.Na/c13-15(14)12-8-6-11(7-9-12)10-4-2-1-3-5-10;/h6-10H,1-5H2,(H,13,14);/q;+1/p-1. The quantitative estimate of drug-likeness (QED) is 0.543. The molecule has 0 saturated heterocycles. The van der Waals surface area contributed by atoms with E-state index in [1.165, 1.54) is 37.7 Å². The molecular formula is C12H15NaO2S. The van der Waals surface area contributed by atoms with Gasteiger partial charge in [-0.1, -0.05) is 31.4 Å². The van der Waals surface area contributed by atoms with E-state index >= 15 is 0 Å². The molecule has 1 aliphatic carbocycles. The van der Waals surface area contributed by atoms with Crippen LogP contribution in [0.4, 0.5) is 0 Å². The van der Waals surface area contributed by atoms with Crippen LogP contribution in [0, 0.1) is 0 Å². The summed E-state index contributed by atoms with van der Waals surface area (Å²) in [6, 6.07) is 7.32. The molecule has 0 bridgehead atoms. The summed E-state index contributed by atoms with van der Waals surface area (Å²) in [5, 5.41) is 0. The molecule has 0 heterocycles. The van der Waals surface area contributed by atoms with E-state index in [1.54, 1.807) is 12.1 Å².